The number of amides is 2. The quantitative estimate of drug-likeness (QED) is 0.481. The lowest BCUT2D eigenvalue weighted by molar-refractivity contribution is -0.174. The minimum Gasteiger partial charge on any atom is -0.372 e. The number of aromatic nitrogens is 1. The fourth-order valence-electron chi connectivity index (χ4n) is 3.71. The lowest BCUT2D eigenvalue weighted by atomic mass is 10.2. The molecule has 0 saturated carbocycles. The molecule has 33 heavy (non-hydrogen) atoms. The third kappa shape index (κ3) is 6.43. The molecule has 0 atom stereocenters. The van der Waals surface area contributed by atoms with Gasteiger partial charge in [0.1, 0.15) is 11.6 Å². The summed E-state index contributed by atoms with van der Waals surface area (Å²) >= 11 is 1.58. The number of carbonyl (C=O) groups is 1. The first kappa shape index (κ1) is 23.5. The van der Waals surface area contributed by atoms with Crippen molar-refractivity contribution < 1.29 is 22.7 Å². The predicted molar refractivity (Wildman–Crippen MR) is 124 cm³/mol. The molecule has 2 aromatic carbocycles. The topological polar surface area (TPSA) is 57.7 Å². The first-order valence-corrected chi connectivity index (χ1v) is 11.6. The molecule has 2 heterocycles. The van der Waals surface area contributed by atoms with Crippen LogP contribution in [0.2, 0.25) is 0 Å². The Bertz CT molecular complexity index is 1050. The van der Waals surface area contributed by atoms with E-state index in [0.717, 1.165) is 20.8 Å². The molecule has 1 aliphatic heterocycles. The van der Waals surface area contributed by atoms with E-state index in [0.29, 0.717) is 44.8 Å². The van der Waals surface area contributed by atoms with Crippen LogP contribution in [0.25, 0.3) is 20.8 Å². The summed E-state index contributed by atoms with van der Waals surface area (Å²) in [4.78, 5) is 21.5. The van der Waals surface area contributed by atoms with Crippen molar-refractivity contribution in [3.63, 3.8) is 0 Å². The number of benzene rings is 2. The Kier molecular flexibility index (Phi) is 7.46. The second-order valence-electron chi connectivity index (χ2n) is 7.81. The number of alkyl halides is 3. The molecule has 0 radical (unpaired) electrons. The third-order valence-corrected chi connectivity index (χ3v) is 6.45. The average molecular weight is 479 g/mol. The van der Waals surface area contributed by atoms with E-state index in [1.165, 1.54) is 0 Å². The van der Waals surface area contributed by atoms with Gasteiger partial charge in [0.2, 0.25) is 0 Å². The summed E-state index contributed by atoms with van der Waals surface area (Å²) in [6.45, 7) is 1.96. The van der Waals surface area contributed by atoms with Crippen molar-refractivity contribution in [2.45, 2.75) is 12.6 Å². The van der Waals surface area contributed by atoms with Crippen LogP contribution in [0.1, 0.15) is 6.42 Å². The van der Waals surface area contributed by atoms with Gasteiger partial charge in [-0.25, -0.2) is 9.78 Å². The Morgan fingerprint density at radius 2 is 1.79 bits per heavy atom. The molecule has 176 valence electrons. The summed E-state index contributed by atoms with van der Waals surface area (Å²) in [5.74, 6) is 0. The zero-order valence-corrected chi connectivity index (χ0v) is 18.8. The lowest BCUT2D eigenvalue weighted by Gasteiger charge is -2.34. The molecule has 3 aromatic rings. The Morgan fingerprint density at radius 1 is 1.06 bits per heavy atom. The number of hydrogen-bond acceptors (Lipinski definition) is 5. The highest BCUT2D eigenvalue weighted by Crippen LogP contribution is 2.34. The van der Waals surface area contributed by atoms with E-state index in [9.17, 15) is 18.0 Å². The molecule has 1 fully saturated rings. The lowest BCUT2D eigenvalue weighted by Crippen LogP contribution is -2.50. The molecule has 0 unspecified atom stereocenters. The van der Waals surface area contributed by atoms with Gasteiger partial charge in [0.05, 0.1) is 15.9 Å². The summed E-state index contributed by atoms with van der Waals surface area (Å²) in [6, 6.07) is 15.4. The van der Waals surface area contributed by atoms with Gasteiger partial charge in [0.25, 0.3) is 0 Å². The van der Waals surface area contributed by atoms with Crippen molar-refractivity contribution in [3.8, 4) is 10.6 Å². The monoisotopic (exact) mass is 478 g/mol. The molecule has 1 aromatic heterocycles. The third-order valence-electron chi connectivity index (χ3n) is 5.38. The zero-order chi connectivity index (χ0) is 23.3. The number of anilines is 1. The van der Waals surface area contributed by atoms with Gasteiger partial charge in [-0.05, 0) is 30.7 Å². The van der Waals surface area contributed by atoms with E-state index in [2.05, 4.69) is 15.0 Å². The van der Waals surface area contributed by atoms with Crippen LogP contribution in [0.4, 0.5) is 23.7 Å². The second kappa shape index (κ2) is 10.5. The maximum atomic E-state index is 12.9. The molecule has 2 amide bonds. The van der Waals surface area contributed by atoms with Crippen LogP contribution in [-0.2, 0) is 4.74 Å². The first-order chi connectivity index (χ1) is 15.9. The Labute approximate surface area is 194 Å². The van der Waals surface area contributed by atoms with Crippen LogP contribution >= 0.6 is 11.3 Å². The molecule has 1 aliphatic rings. The van der Waals surface area contributed by atoms with Gasteiger partial charge < -0.3 is 15.0 Å². The number of piperazine rings is 1. The molecular formula is C23H25F3N4O2S. The Balaban J connectivity index is 1.28. The minimum atomic E-state index is -4.29. The number of halogens is 3. The summed E-state index contributed by atoms with van der Waals surface area (Å²) < 4.78 is 42.0. The number of fused-ring (bicyclic) bond motifs is 1. The van der Waals surface area contributed by atoms with Crippen molar-refractivity contribution in [2.24, 2.45) is 0 Å². The Morgan fingerprint density at radius 3 is 2.55 bits per heavy atom. The fourth-order valence-corrected chi connectivity index (χ4v) is 4.72. The Hall–Kier alpha value is -2.69. The maximum absolute atomic E-state index is 12.9. The standard InChI is InChI=1S/C23H25F3N4O2S/c24-23(25,26)16-32-15-5-10-29-11-13-30(14-12-29)22(31)28-18-7-2-1-6-17(18)21-27-19-8-3-4-9-20(19)33-21/h1-4,6-9H,5,10-16H2,(H,28,31). The van der Waals surface area contributed by atoms with E-state index in [1.54, 1.807) is 16.2 Å². The molecule has 0 bridgehead atoms. The molecule has 1 saturated heterocycles. The maximum Gasteiger partial charge on any atom is 0.411 e. The van der Waals surface area contributed by atoms with E-state index in [1.807, 2.05) is 48.5 Å². The highest BCUT2D eigenvalue weighted by atomic mass is 32.1. The first-order valence-electron chi connectivity index (χ1n) is 10.8. The van der Waals surface area contributed by atoms with Crippen LogP contribution in [-0.4, -0.2) is 72.9 Å². The van der Waals surface area contributed by atoms with Crippen LogP contribution in [0.3, 0.4) is 0 Å². The minimum absolute atomic E-state index is 0.0722. The SMILES string of the molecule is O=C(Nc1ccccc1-c1nc2ccccc2s1)N1CCN(CCCOCC(F)(F)F)CC1. The van der Waals surface area contributed by atoms with Crippen molar-refractivity contribution in [3.05, 3.63) is 48.5 Å². The molecular weight excluding hydrogens is 453 g/mol. The highest BCUT2D eigenvalue weighted by Gasteiger charge is 2.27. The summed E-state index contributed by atoms with van der Waals surface area (Å²) in [5, 5.41) is 3.87. The number of nitrogens with zero attached hydrogens (tertiary/aromatic N) is 3. The largest absolute Gasteiger partial charge is 0.411 e. The van der Waals surface area contributed by atoms with Crippen LogP contribution in [0.5, 0.6) is 0 Å². The second-order valence-corrected chi connectivity index (χ2v) is 8.84. The molecule has 10 heteroatoms. The van der Waals surface area contributed by atoms with Crippen molar-refractivity contribution >= 4 is 33.3 Å². The molecule has 0 spiro atoms. The molecule has 1 N–H and O–H groups in total. The van der Waals surface area contributed by atoms with Gasteiger partial charge in [0.15, 0.2) is 0 Å². The molecule has 6 nitrogen and oxygen atoms in total. The van der Waals surface area contributed by atoms with E-state index >= 15 is 0 Å². The number of thiazole rings is 1. The van der Waals surface area contributed by atoms with Gasteiger partial charge >= 0.3 is 12.2 Å². The highest BCUT2D eigenvalue weighted by molar-refractivity contribution is 7.21. The summed E-state index contributed by atoms with van der Waals surface area (Å²) in [5.41, 5.74) is 2.52. The van der Waals surface area contributed by atoms with Crippen molar-refractivity contribution in [2.75, 3.05) is 51.3 Å². The molecule has 0 aliphatic carbocycles. The van der Waals surface area contributed by atoms with Gasteiger partial charge in [-0.1, -0.05) is 24.3 Å². The number of nitrogens with one attached hydrogen (secondary N) is 1. The number of hydrogen-bond donors (Lipinski definition) is 1. The smallest absolute Gasteiger partial charge is 0.372 e. The zero-order valence-electron chi connectivity index (χ0n) is 18.0. The number of carbonyl (C=O) groups excluding carboxylic acids is 1. The fraction of sp³-hybridized carbons (Fsp3) is 0.391. The summed E-state index contributed by atoms with van der Waals surface area (Å²) in [6.07, 6.45) is -3.76. The predicted octanol–water partition coefficient (Wildman–Crippen LogP) is 5.08. The van der Waals surface area contributed by atoms with Gasteiger partial charge in [0, 0.05) is 44.9 Å². The average Bonchev–Trinajstić information content (AvgIpc) is 3.23. The van der Waals surface area contributed by atoms with Crippen molar-refractivity contribution in [1.82, 2.24) is 14.8 Å². The van der Waals surface area contributed by atoms with Crippen LogP contribution < -0.4 is 5.32 Å². The van der Waals surface area contributed by atoms with E-state index in [4.69, 9.17) is 4.98 Å². The van der Waals surface area contributed by atoms with Gasteiger partial charge in [-0.2, -0.15) is 13.2 Å². The number of ether oxygens (including phenoxy) is 1. The number of rotatable bonds is 7. The molecule has 4 rings (SSSR count). The van der Waals surface area contributed by atoms with E-state index < -0.39 is 12.8 Å². The van der Waals surface area contributed by atoms with Crippen LogP contribution in [0.15, 0.2) is 48.5 Å². The van der Waals surface area contributed by atoms with Gasteiger partial charge in [-0.15, -0.1) is 11.3 Å². The normalized spacial score (nSPS) is 15.2. The number of urea groups is 1. The van der Waals surface area contributed by atoms with Gasteiger partial charge in [-0.3, -0.25) is 4.90 Å². The number of para-hydroxylation sites is 2. The van der Waals surface area contributed by atoms with E-state index in [-0.39, 0.29) is 12.6 Å². The summed E-state index contributed by atoms with van der Waals surface area (Å²) in [7, 11) is 0. The van der Waals surface area contributed by atoms with Crippen molar-refractivity contribution in [1.29, 1.82) is 0 Å². The van der Waals surface area contributed by atoms with Crippen LogP contribution in [0, 0.1) is 0 Å².